The first kappa shape index (κ1) is 11.1. The highest BCUT2D eigenvalue weighted by Crippen LogP contribution is 2.20. The molecule has 0 aliphatic carbocycles. The van der Waals surface area contributed by atoms with E-state index in [1.165, 1.54) is 0 Å². The Kier molecular flexibility index (Phi) is 3.87. The Morgan fingerprint density at radius 2 is 1.83 bits per heavy atom. The van der Waals surface area contributed by atoms with Crippen molar-refractivity contribution in [3.05, 3.63) is 23.8 Å². The van der Waals surface area contributed by atoms with E-state index in [2.05, 4.69) is 0 Å². The summed E-state index contributed by atoms with van der Waals surface area (Å²) in [6.45, 7) is 9.97. The zero-order chi connectivity index (χ0) is 9.78. The van der Waals surface area contributed by atoms with Crippen LogP contribution in [0.4, 0.5) is 0 Å². The highest BCUT2D eigenvalue weighted by Gasteiger charge is 2.13. The zero-order valence-electron chi connectivity index (χ0n) is 8.64. The molecule has 0 saturated carbocycles. The molecule has 0 saturated heterocycles. The van der Waals surface area contributed by atoms with Crippen LogP contribution in [0.2, 0.25) is 0 Å². The molecule has 0 fully saturated rings. The predicted molar refractivity (Wildman–Crippen MR) is 52.2 cm³/mol. The van der Waals surface area contributed by atoms with Gasteiger partial charge < -0.3 is 10.5 Å². The number of nitrogens with two attached hydrogens (primary N) is 1. The van der Waals surface area contributed by atoms with E-state index in [4.69, 9.17) is 10.5 Å². The molecular weight excluding hydrogens is 150 g/mol. The fourth-order valence-corrected chi connectivity index (χ4v) is 0.401. The Morgan fingerprint density at radius 3 is 2.17 bits per heavy atom. The lowest BCUT2D eigenvalue weighted by Gasteiger charge is -2.18. The van der Waals surface area contributed by atoms with Crippen LogP contribution in [0.3, 0.4) is 0 Å². The molecule has 70 valence electrons. The van der Waals surface area contributed by atoms with Crippen LogP contribution in [-0.2, 0) is 4.74 Å². The number of allylic oxidation sites excluding steroid dienone is 3. The molecule has 12 heavy (non-hydrogen) atoms. The minimum Gasteiger partial charge on any atom is -0.468 e. The molecular formula is C10H19NO. The Labute approximate surface area is 75.1 Å². The van der Waals surface area contributed by atoms with Crippen molar-refractivity contribution < 1.29 is 4.74 Å². The summed E-state index contributed by atoms with van der Waals surface area (Å²) in [6, 6.07) is 0. The molecule has 0 amide bonds. The third kappa shape index (κ3) is 4.06. The van der Waals surface area contributed by atoms with Gasteiger partial charge in [0.05, 0.1) is 5.76 Å². The molecule has 0 rings (SSSR count). The first-order chi connectivity index (χ1) is 5.38. The van der Waals surface area contributed by atoms with Crippen LogP contribution in [0.5, 0.6) is 0 Å². The van der Waals surface area contributed by atoms with E-state index < -0.39 is 0 Å². The van der Waals surface area contributed by atoms with Crippen LogP contribution in [0.25, 0.3) is 0 Å². The average molecular weight is 169 g/mol. The molecule has 0 aromatic heterocycles. The summed E-state index contributed by atoms with van der Waals surface area (Å²) in [7, 11) is 0. The number of hydrogen-bond donors (Lipinski definition) is 1. The first-order valence-corrected chi connectivity index (χ1v) is 4.13. The zero-order valence-corrected chi connectivity index (χ0v) is 8.64. The smallest absolute Gasteiger partial charge is 0.110 e. The molecule has 0 atom stereocenters. The molecule has 0 aromatic rings. The van der Waals surface area contributed by atoms with Crippen molar-refractivity contribution in [1.82, 2.24) is 0 Å². The summed E-state index contributed by atoms with van der Waals surface area (Å²) in [5.74, 6) is 0.863. The lowest BCUT2D eigenvalue weighted by atomic mass is 9.93. The lowest BCUT2D eigenvalue weighted by Crippen LogP contribution is -2.17. The molecule has 2 heteroatoms. The van der Waals surface area contributed by atoms with Gasteiger partial charge in [-0.05, 0) is 19.9 Å². The molecule has 0 heterocycles. The van der Waals surface area contributed by atoms with Crippen molar-refractivity contribution in [2.75, 3.05) is 0 Å². The van der Waals surface area contributed by atoms with Gasteiger partial charge in [0.2, 0.25) is 0 Å². The summed E-state index contributed by atoms with van der Waals surface area (Å²) in [5.41, 5.74) is 6.50. The molecule has 2 N–H and O–H groups in total. The highest BCUT2D eigenvalue weighted by molar-refractivity contribution is 5.04. The van der Waals surface area contributed by atoms with Crippen LogP contribution in [0.1, 0.15) is 34.6 Å². The molecule has 0 aliphatic rings. The van der Waals surface area contributed by atoms with E-state index in [9.17, 15) is 0 Å². The maximum Gasteiger partial charge on any atom is 0.110 e. The topological polar surface area (TPSA) is 35.2 Å². The van der Waals surface area contributed by atoms with Crippen LogP contribution < -0.4 is 5.73 Å². The van der Waals surface area contributed by atoms with Crippen molar-refractivity contribution in [2.24, 2.45) is 11.1 Å². The second-order valence-corrected chi connectivity index (χ2v) is 3.84. The number of ether oxygens (including phenoxy) is 1. The second kappa shape index (κ2) is 4.19. The van der Waals surface area contributed by atoms with Gasteiger partial charge in [0, 0.05) is 11.1 Å². The maximum atomic E-state index is 5.76. The monoisotopic (exact) mass is 169 g/mol. The summed E-state index contributed by atoms with van der Waals surface area (Å²) >= 11 is 0. The van der Waals surface area contributed by atoms with E-state index in [0.29, 0.717) is 0 Å². The van der Waals surface area contributed by atoms with Crippen LogP contribution in [0.15, 0.2) is 23.8 Å². The molecule has 0 spiro atoms. The summed E-state index contributed by atoms with van der Waals surface area (Å²) in [6.07, 6.45) is 3.50. The number of hydrogen-bond acceptors (Lipinski definition) is 2. The van der Waals surface area contributed by atoms with Crippen LogP contribution in [-0.4, -0.2) is 0 Å². The molecule has 0 bridgehead atoms. The summed E-state index contributed by atoms with van der Waals surface area (Å²) in [4.78, 5) is 0. The van der Waals surface area contributed by atoms with Crippen molar-refractivity contribution in [3.63, 3.8) is 0 Å². The lowest BCUT2D eigenvalue weighted by molar-refractivity contribution is 0.333. The van der Waals surface area contributed by atoms with E-state index >= 15 is 0 Å². The fourth-order valence-electron chi connectivity index (χ4n) is 0.401. The Bertz CT molecular complexity index is 196. The van der Waals surface area contributed by atoms with E-state index in [1.807, 2.05) is 40.7 Å². The van der Waals surface area contributed by atoms with Gasteiger partial charge in [0.25, 0.3) is 0 Å². The summed E-state index contributed by atoms with van der Waals surface area (Å²) < 4.78 is 5.25. The largest absolute Gasteiger partial charge is 0.468 e. The van der Waals surface area contributed by atoms with Crippen molar-refractivity contribution in [3.8, 4) is 0 Å². The standard InChI is InChI=1S/C10H19NO/c1-6-8(2)12-7-9(11)10(3,4)5/h6-7H,11H2,1-5H3/b8-6-,9-7-. The van der Waals surface area contributed by atoms with Crippen molar-refractivity contribution >= 4 is 0 Å². The third-order valence-corrected chi connectivity index (χ3v) is 1.64. The predicted octanol–water partition coefficient (Wildman–Crippen LogP) is 2.77. The van der Waals surface area contributed by atoms with Crippen molar-refractivity contribution in [1.29, 1.82) is 0 Å². The molecule has 0 unspecified atom stereocenters. The van der Waals surface area contributed by atoms with Crippen LogP contribution in [0, 0.1) is 5.41 Å². The van der Waals surface area contributed by atoms with Crippen molar-refractivity contribution in [2.45, 2.75) is 34.6 Å². The van der Waals surface area contributed by atoms with Crippen LogP contribution >= 0.6 is 0 Å². The van der Waals surface area contributed by atoms with Gasteiger partial charge in [-0.3, -0.25) is 0 Å². The molecule has 2 nitrogen and oxygen atoms in total. The van der Waals surface area contributed by atoms with Gasteiger partial charge >= 0.3 is 0 Å². The van der Waals surface area contributed by atoms with E-state index in [1.54, 1.807) is 6.26 Å². The number of rotatable bonds is 2. The average Bonchev–Trinajstić information content (AvgIpc) is 1.97. The van der Waals surface area contributed by atoms with E-state index in [-0.39, 0.29) is 5.41 Å². The first-order valence-electron chi connectivity index (χ1n) is 4.13. The van der Waals surface area contributed by atoms with Gasteiger partial charge in [-0.2, -0.15) is 0 Å². The summed E-state index contributed by atoms with van der Waals surface area (Å²) in [5, 5.41) is 0. The Balaban J connectivity index is 4.20. The fraction of sp³-hybridized carbons (Fsp3) is 0.600. The molecule has 0 radical (unpaired) electrons. The molecule has 0 aliphatic heterocycles. The van der Waals surface area contributed by atoms with Gasteiger partial charge in [0.1, 0.15) is 6.26 Å². The normalized spacial score (nSPS) is 14.8. The van der Waals surface area contributed by atoms with Gasteiger partial charge in [-0.15, -0.1) is 0 Å². The Morgan fingerprint density at radius 1 is 1.33 bits per heavy atom. The SMILES string of the molecule is C/C=C(/C)O/C=C(\N)C(C)(C)C. The van der Waals surface area contributed by atoms with Gasteiger partial charge in [-0.25, -0.2) is 0 Å². The molecule has 0 aromatic carbocycles. The van der Waals surface area contributed by atoms with Gasteiger partial charge in [-0.1, -0.05) is 20.8 Å². The highest BCUT2D eigenvalue weighted by atomic mass is 16.5. The minimum atomic E-state index is -0.0198. The minimum absolute atomic E-state index is 0.0198. The van der Waals surface area contributed by atoms with E-state index in [0.717, 1.165) is 11.5 Å². The second-order valence-electron chi connectivity index (χ2n) is 3.84. The third-order valence-electron chi connectivity index (χ3n) is 1.64. The maximum absolute atomic E-state index is 5.76. The van der Waals surface area contributed by atoms with Gasteiger partial charge in [0.15, 0.2) is 0 Å². The quantitative estimate of drug-likeness (QED) is 0.645. The Hall–Kier alpha value is -0.920.